The summed E-state index contributed by atoms with van der Waals surface area (Å²) in [4.78, 5) is 0. The van der Waals surface area contributed by atoms with Gasteiger partial charge >= 0.3 is 0 Å². The molecule has 3 heteroatoms. The topological polar surface area (TPSA) is 12.0 Å². The molecule has 1 aromatic carbocycles. The normalized spacial score (nSPS) is 12.8. The molecule has 0 saturated heterocycles. The van der Waals surface area contributed by atoms with Crippen LogP contribution in [0.15, 0.2) is 18.2 Å². The maximum Gasteiger partial charge on any atom is 0.0595 e. The fourth-order valence-electron chi connectivity index (χ4n) is 1.39. The highest BCUT2D eigenvalue weighted by molar-refractivity contribution is 6.42. The molecule has 0 aliphatic heterocycles. The van der Waals surface area contributed by atoms with Crippen LogP contribution in [-0.2, 0) is 0 Å². The SMILES string of the molecule is CCCCNC(C)c1ccc(Cl)c(Cl)c1. The zero-order valence-corrected chi connectivity index (χ0v) is 10.7. The first kappa shape index (κ1) is 12.8. The zero-order chi connectivity index (χ0) is 11.3. The summed E-state index contributed by atoms with van der Waals surface area (Å²) in [5.74, 6) is 0. The zero-order valence-electron chi connectivity index (χ0n) is 9.19. The van der Waals surface area contributed by atoms with Crippen molar-refractivity contribution in [1.29, 1.82) is 0 Å². The second-order valence-electron chi connectivity index (χ2n) is 3.70. The van der Waals surface area contributed by atoms with Crippen LogP contribution in [0.1, 0.15) is 38.3 Å². The standard InChI is InChI=1S/C12H17Cl2N/c1-3-4-7-15-9(2)10-5-6-11(13)12(14)8-10/h5-6,8-9,15H,3-4,7H2,1-2H3. The number of halogens is 2. The van der Waals surface area contributed by atoms with Gasteiger partial charge in [0.1, 0.15) is 0 Å². The van der Waals surface area contributed by atoms with Gasteiger partial charge in [-0.05, 0) is 37.6 Å². The maximum atomic E-state index is 5.96. The summed E-state index contributed by atoms with van der Waals surface area (Å²) in [5, 5.41) is 4.68. The van der Waals surface area contributed by atoms with Crippen molar-refractivity contribution in [3.8, 4) is 0 Å². The molecule has 0 radical (unpaired) electrons. The molecule has 0 heterocycles. The number of benzene rings is 1. The predicted molar refractivity (Wildman–Crippen MR) is 67.8 cm³/mol. The smallest absolute Gasteiger partial charge is 0.0595 e. The van der Waals surface area contributed by atoms with Crippen molar-refractivity contribution in [2.75, 3.05) is 6.54 Å². The summed E-state index contributed by atoms with van der Waals surface area (Å²) in [7, 11) is 0. The molecule has 0 saturated carbocycles. The van der Waals surface area contributed by atoms with Crippen LogP contribution in [0.5, 0.6) is 0 Å². The van der Waals surface area contributed by atoms with Gasteiger partial charge < -0.3 is 5.32 Å². The van der Waals surface area contributed by atoms with E-state index in [1.165, 1.54) is 18.4 Å². The summed E-state index contributed by atoms with van der Waals surface area (Å²) >= 11 is 11.8. The number of hydrogen-bond donors (Lipinski definition) is 1. The Kier molecular flexibility index (Phi) is 5.44. The lowest BCUT2D eigenvalue weighted by Crippen LogP contribution is -2.19. The van der Waals surface area contributed by atoms with E-state index in [0.717, 1.165) is 6.54 Å². The molecule has 0 aliphatic carbocycles. The molecule has 1 nitrogen and oxygen atoms in total. The van der Waals surface area contributed by atoms with Gasteiger partial charge in [0.25, 0.3) is 0 Å². The minimum Gasteiger partial charge on any atom is -0.310 e. The third-order valence-corrected chi connectivity index (χ3v) is 3.16. The molecule has 84 valence electrons. The van der Waals surface area contributed by atoms with Crippen molar-refractivity contribution >= 4 is 23.2 Å². The lowest BCUT2D eigenvalue weighted by atomic mass is 10.1. The molecule has 1 N–H and O–H groups in total. The Hall–Kier alpha value is -0.240. The van der Waals surface area contributed by atoms with Gasteiger partial charge in [-0.1, -0.05) is 42.6 Å². The summed E-state index contributed by atoms with van der Waals surface area (Å²) in [6.45, 7) is 5.36. The van der Waals surface area contributed by atoms with E-state index in [9.17, 15) is 0 Å². The van der Waals surface area contributed by atoms with Gasteiger partial charge in [-0.2, -0.15) is 0 Å². The first-order valence-corrected chi connectivity index (χ1v) is 6.09. The van der Waals surface area contributed by atoms with Crippen molar-refractivity contribution < 1.29 is 0 Å². The van der Waals surface area contributed by atoms with E-state index in [-0.39, 0.29) is 0 Å². The van der Waals surface area contributed by atoms with Gasteiger partial charge in [0.05, 0.1) is 10.0 Å². The second-order valence-corrected chi connectivity index (χ2v) is 4.52. The van der Waals surface area contributed by atoms with Crippen molar-refractivity contribution in [1.82, 2.24) is 5.32 Å². The average Bonchev–Trinajstić information content (AvgIpc) is 2.22. The van der Waals surface area contributed by atoms with E-state index in [0.29, 0.717) is 16.1 Å². The average molecular weight is 246 g/mol. The first-order chi connectivity index (χ1) is 7.15. The molecule has 1 unspecified atom stereocenters. The third kappa shape index (κ3) is 4.02. The van der Waals surface area contributed by atoms with Gasteiger partial charge in [0.2, 0.25) is 0 Å². The number of hydrogen-bond acceptors (Lipinski definition) is 1. The van der Waals surface area contributed by atoms with Gasteiger partial charge in [0.15, 0.2) is 0 Å². The van der Waals surface area contributed by atoms with Crippen LogP contribution in [0.2, 0.25) is 10.0 Å². The van der Waals surface area contributed by atoms with Gasteiger partial charge in [-0.25, -0.2) is 0 Å². The van der Waals surface area contributed by atoms with E-state index >= 15 is 0 Å². The van der Waals surface area contributed by atoms with Crippen LogP contribution < -0.4 is 5.32 Å². The summed E-state index contributed by atoms with van der Waals surface area (Å²) in [6.07, 6.45) is 2.41. The summed E-state index contributed by atoms with van der Waals surface area (Å²) in [6, 6.07) is 6.11. The minimum atomic E-state index is 0.325. The van der Waals surface area contributed by atoms with E-state index < -0.39 is 0 Å². The Bertz CT molecular complexity index is 312. The monoisotopic (exact) mass is 245 g/mol. The lowest BCUT2D eigenvalue weighted by molar-refractivity contribution is 0.554. The predicted octanol–water partition coefficient (Wildman–Crippen LogP) is 4.44. The fourth-order valence-corrected chi connectivity index (χ4v) is 1.70. The van der Waals surface area contributed by atoms with Gasteiger partial charge in [-0.15, -0.1) is 0 Å². The Morgan fingerprint density at radius 2 is 2.00 bits per heavy atom. The Balaban J connectivity index is 2.57. The van der Waals surface area contributed by atoms with E-state index in [4.69, 9.17) is 23.2 Å². The van der Waals surface area contributed by atoms with Crippen LogP contribution in [0, 0.1) is 0 Å². The Morgan fingerprint density at radius 1 is 1.27 bits per heavy atom. The quantitative estimate of drug-likeness (QED) is 0.757. The molecule has 0 aromatic heterocycles. The molecule has 0 amide bonds. The van der Waals surface area contributed by atoms with E-state index in [1.54, 1.807) is 0 Å². The summed E-state index contributed by atoms with van der Waals surface area (Å²) < 4.78 is 0. The van der Waals surface area contributed by atoms with Crippen LogP contribution in [0.3, 0.4) is 0 Å². The molecular formula is C12H17Cl2N. The van der Waals surface area contributed by atoms with Crippen LogP contribution in [0.25, 0.3) is 0 Å². The third-order valence-electron chi connectivity index (χ3n) is 2.42. The minimum absolute atomic E-state index is 0.325. The van der Waals surface area contributed by atoms with Gasteiger partial charge in [0, 0.05) is 6.04 Å². The highest BCUT2D eigenvalue weighted by Gasteiger charge is 2.06. The molecule has 0 fully saturated rings. The highest BCUT2D eigenvalue weighted by atomic mass is 35.5. The molecule has 1 rings (SSSR count). The van der Waals surface area contributed by atoms with Crippen molar-refractivity contribution in [3.05, 3.63) is 33.8 Å². The Morgan fingerprint density at radius 3 is 2.60 bits per heavy atom. The lowest BCUT2D eigenvalue weighted by Gasteiger charge is -2.14. The Labute approximate surface area is 102 Å². The molecule has 0 bridgehead atoms. The van der Waals surface area contributed by atoms with E-state index in [2.05, 4.69) is 19.2 Å². The number of nitrogens with one attached hydrogen (secondary N) is 1. The van der Waals surface area contributed by atoms with Crippen LogP contribution in [0.4, 0.5) is 0 Å². The first-order valence-electron chi connectivity index (χ1n) is 5.33. The van der Waals surface area contributed by atoms with Crippen molar-refractivity contribution in [2.45, 2.75) is 32.7 Å². The molecule has 1 aromatic rings. The summed E-state index contributed by atoms with van der Waals surface area (Å²) in [5.41, 5.74) is 1.18. The van der Waals surface area contributed by atoms with E-state index in [1.807, 2.05) is 18.2 Å². The van der Waals surface area contributed by atoms with Crippen LogP contribution >= 0.6 is 23.2 Å². The molecule has 1 atom stereocenters. The molecule has 0 spiro atoms. The fraction of sp³-hybridized carbons (Fsp3) is 0.500. The number of rotatable bonds is 5. The van der Waals surface area contributed by atoms with Crippen LogP contribution in [-0.4, -0.2) is 6.54 Å². The highest BCUT2D eigenvalue weighted by Crippen LogP contribution is 2.25. The van der Waals surface area contributed by atoms with Crippen molar-refractivity contribution in [3.63, 3.8) is 0 Å². The largest absolute Gasteiger partial charge is 0.310 e. The van der Waals surface area contributed by atoms with Crippen molar-refractivity contribution in [2.24, 2.45) is 0 Å². The molecule has 15 heavy (non-hydrogen) atoms. The molecular weight excluding hydrogens is 229 g/mol. The van der Waals surface area contributed by atoms with Gasteiger partial charge in [-0.3, -0.25) is 0 Å². The molecule has 0 aliphatic rings. The number of unbranched alkanes of at least 4 members (excludes halogenated alkanes) is 1. The maximum absolute atomic E-state index is 5.96. The second kappa shape index (κ2) is 6.37.